The van der Waals surface area contributed by atoms with Crippen LogP contribution in [0.25, 0.3) is 11.4 Å². The second-order valence-corrected chi connectivity index (χ2v) is 9.41. The topological polar surface area (TPSA) is 35.0 Å². The fourth-order valence-electron chi connectivity index (χ4n) is 4.01. The summed E-state index contributed by atoms with van der Waals surface area (Å²) in [5, 5.41) is 0. The Morgan fingerprint density at radius 2 is 1.39 bits per heavy atom. The fourth-order valence-corrected chi connectivity index (χ4v) is 4.01. The van der Waals surface area contributed by atoms with E-state index in [0.717, 1.165) is 18.4 Å². The lowest BCUT2D eigenvalue weighted by Crippen LogP contribution is -2.15. The molecule has 1 aromatic carbocycles. The van der Waals surface area contributed by atoms with Gasteiger partial charge >= 0.3 is 0 Å². The molecule has 2 unspecified atom stereocenters. The molecule has 0 saturated carbocycles. The lowest BCUT2D eigenvalue weighted by atomic mass is 10.0. The van der Waals surface area contributed by atoms with E-state index in [1.165, 1.54) is 69.8 Å². The zero-order valence-electron chi connectivity index (χ0n) is 21.2. The van der Waals surface area contributed by atoms with Crippen molar-refractivity contribution in [3.63, 3.8) is 0 Å². The first-order valence-corrected chi connectivity index (χ1v) is 13.3. The first-order chi connectivity index (χ1) is 16.1. The van der Waals surface area contributed by atoms with E-state index in [4.69, 9.17) is 4.74 Å². The molecule has 0 spiro atoms. The summed E-state index contributed by atoms with van der Waals surface area (Å²) in [6, 6.07) is 8.57. The van der Waals surface area contributed by atoms with Crippen LogP contribution in [0.4, 0.5) is 4.39 Å². The molecule has 0 aliphatic heterocycles. The number of ether oxygens (including phenoxy) is 1. The van der Waals surface area contributed by atoms with Crippen molar-refractivity contribution in [3.8, 4) is 17.1 Å². The Morgan fingerprint density at radius 1 is 0.818 bits per heavy atom. The molecule has 0 aliphatic rings. The van der Waals surface area contributed by atoms with Crippen molar-refractivity contribution >= 4 is 0 Å². The van der Waals surface area contributed by atoms with Gasteiger partial charge in [0.2, 0.25) is 0 Å². The molecule has 0 amide bonds. The molecule has 0 fully saturated rings. The largest absolute Gasteiger partial charge is 0.490 e. The zero-order valence-corrected chi connectivity index (χ0v) is 21.2. The van der Waals surface area contributed by atoms with Gasteiger partial charge in [0.05, 0.1) is 19.0 Å². The minimum atomic E-state index is -0.825. The predicted octanol–water partition coefficient (Wildman–Crippen LogP) is 8.76. The SMILES string of the molecule is CCCCCCCCCCCCc1ccc(-c2ncc(OCCC(F)C(C)CC)cn2)cc1. The Labute approximate surface area is 201 Å². The Hall–Kier alpha value is -1.97. The van der Waals surface area contributed by atoms with Crippen LogP contribution in [0.1, 0.15) is 103 Å². The number of rotatable bonds is 18. The van der Waals surface area contributed by atoms with Crippen molar-refractivity contribution < 1.29 is 9.13 Å². The number of hydrogen-bond acceptors (Lipinski definition) is 3. The zero-order chi connectivity index (χ0) is 23.7. The average Bonchev–Trinajstić information content (AvgIpc) is 2.85. The van der Waals surface area contributed by atoms with Crippen LogP contribution in [0.3, 0.4) is 0 Å². The number of nitrogens with zero attached hydrogens (tertiary/aromatic N) is 2. The highest BCUT2D eigenvalue weighted by Gasteiger charge is 2.14. The molecule has 0 bridgehead atoms. The molecular formula is C29H45FN2O. The van der Waals surface area contributed by atoms with Crippen molar-refractivity contribution in [1.82, 2.24) is 9.97 Å². The smallest absolute Gasteiger partial charge is 0.159 e. The molecule has 2 rings (SSSR count). The van der Waals surface area contributed by atoms with Crippen molar-refractivity contribution in [3.05, 3.63) is 42.2 Å². The van der Waals surface area contributed by atoms with Gasteiger partial charge < -0.3 is 4.74 Å². The van der Waals surface area contributed by atoms with Gasteiger partial charge in [-0.15, -0.1) is 0 Å². The van der Waals surface area contributed by atoms with Gasteiger partial charge in [0.15, 0.2) is 11.6 Å². The second kappa shape index (κ2) is 16.6. The van der Waals surface area contributed by atoms with Gasteiger partial charge in [0.1, 0.15) is 6.17 Å². The molecule has 4 heteroatoms. The number of hydrogen-bond donors (Lipinski definition) is 0. The maximum atomic E-state index is 13.9. The summed E-state index contributed by atoms with van der Waals surface area (Å²) < 4.78 is 19.5. The van der Waals surface area contributed by atoms with Crippen molar-refractivity contribution in [2.24, 2.45) is 5.92 Å². The van der Waals surface area contributed by atoms with Crippen LogP contribution in [0.2, 0.25) is 0 Å². The van der Waals surface area contributed by atoms with Crippen LogP contribution in [-0.4, -0.2) is 22.7 Å². The highest BCUT2D eigenvalue weighted by atomic mass is 19.1. The summed E-state index contributed by atoms with van der Waals surface area (Å²) in [6.45, 7) is 6.57. The lowest BCUT2D eigenvalue weighted by Gasteiger charge is -2.14. The minimum absolute atomic E-state index is 0.0697. The first-order valence-electron chi connectivity index (χ1n) is 13.3. The van der Waals surface area contributed by atoms with Crippen molar-refractivity contribution in [2.45, 2.75) is 110 Å². The van der Waals surface area contributed by atoms with Gasteiger partial charge in [-0.2, -0.15) is 0 Å². The lowest BCUT2D eigenvalue weighted by molar-refractivity contribution is 0.181. The molecule has 1 aromatic heterocycles. The number of unbranched alkanes of at least 4 members (excludes halogenated alkanes) is 9. The second-order valence-electron chi connectivity index (χ2n) is 9.41. The maximum Gasteiger partial charge on any atom is 0.159 e. The summed E-state index contributed by atoms with van der Waals surface area (Å²) in [6.07, 6.45) is 18.6. The Bertz CT molecular complexity index is 732. The molecular weight excluding hydrogens is 411 g/mol. The maximum absolute atomic E-state index is 13.9. The van der Waals surface area contributed by atoms with E-state index in [9.17, 15) is 4.39 Å². The van der Waals surface area contributed by atoms with Crippen molar-refractivity contribution in [1.29, 1.82) is 0 Å². The van der Waals surface area contributed by atoms with Gasteiger partial charge in [-0.3, -0.25) is 0 Å². The predicted molar refractivity (Wildman–Crippen MR) is 137 cm³/mol. The van der Waals surface area contributed by atoms with Crippen LogP contribution in [0.15, 0.2) is 36.7 Å². The Balaban J connectivity index is 1.64. The highest BCUT2D eigenvalue weighted by Crippen LogP contribution is 2.20. The van der Waals surface area contributed by atoms with Crippen LogP contribution in [0, 0.1) is 5.92 Å². The summed E-state index contributed by atoms with van der Waals surface area (Å²) in [4.78, 5) is 8.85. The van der Waals surface area contributed by atoms with Gasteiger partial charge in [-0.1, -0.05) is 109 Å². The molecule has 184 valence electrons. The number of benzene rings is 1. The molecule has 1 heterocycles. The van der Waals surface area contributed by atoms with Crippen LogP contribution in [-0.2, 0) is 6.42 Å². The number of aryl methyl sites for hydroxylation is 1. The van der Waals surface area contributed by atoms with Crippen LogP contribution < -0.4 is 4.74 Å². The van der Waals surface area contributed by atoms with Gasteiger partial charge in [0, 0.05) is 12.0 Å². The third kappa shape index (κ3) is 11.1. The molecule has 0 N–H and O–H groups in total. The molecule has 33 heavy (non-hydrogen) atoms. The van der Waals surface area contributed by atoms with E-state index in [-0.39, 0.29) is 5.92 Å². The molecule has 0 aliphatic carbocycles. The molecule has 2 aromatic rings. The van der Waals surface area contributed by atoms with Crippen molar-refractivity contribution in [2.75, 3.05) is 6.61 Å². The third-order valence-electron chi connectivity index (χ3n) is 6.58. The molecule has 0 radical (unpaired) electrons. The fraction of sp³-hybridized carbons (Fsp3) is 0.655. The molecule has 0 saturated heterocycles. The van der Waals surface area contributed by atoms with Crippen LogP contribution >= 0.6 is 0 Å². The van der Waals surface area contributed by atoms with E-state index < -0.39 is 6.17 Å². The Kier molecular flexibility index (Phi) is 13.7. The normalized spacial score (nSPS) is 13.1. The monoisotopic (exact) mass is 456 g/mol. The van der Waals surface area contributed by atoms with E-state index >= 15 is 0 Å². The highest BCUT2D eigenvalue weighted by molar-refractivity contribution is 5.55. The van der Waals surface area contributed by atoms with E-state index in [2.05, 4.69) is 41.2 Å². The molecule has 3 nitrogen and oxygen atoms in total. The summed E-state index contributed by atoms with van der Waals surface area (Å²) in [5.74, 6) is 1.35. The van der Waals surface area contributed by atoms with Gasteiger partial charge in [-0.05, 0) is 24.3 Å². The number of aromatic nitrogens is 2. The Morgan fingerprint density at radius 3 is 1.97 bits per heavy atom. The van der Waals surface area contributed by atoms with Gasteiger partial charge in [-0.25, -0.2) is 14.4 Å². The first kappa shape index (κ1) is 27.3. The molecule has 2 atom stereocenters. The summed E-state index contributed by atoms with van der Waals surface area (Å²) in [5.41, 5.74) is 2.38. The van der Waals surface area contributed by atoms with Crippen LogP contribution in [0.5, 0.6) is 5.75 Å². The van der Waals surface area contributed by atoms with Gasteiger partial charge in [0.25, 0.3) is 0 Å². The van der Waals surface area contributed by atoms with E-state index in [1.54, 1.807) is 12.4 Å². The average molecular weight is 457 g/mol. The third-order valence-corrected chi connectivity index (χ3v) is 6.58. The van der Waals surface area contributed by atoms with E-state index in [1.807, 2.05) is 13.8 Å². The summed E-state index contributed by atoms with van der Waals surface area (Å²) in [7, 11) is 0. The standard InChI is InChI=1S/C29H45FN2O/c1-4-6-7-8-9-10-11-12-13-14-15-25-16-18-26(19-17-25)29-31-22-27(23-32-29)33-21-20-28(30)24(3)5-2/h16-19,22-24,28H,4-15,20-21H2,1-3H3. The number of alkyl halides is 1. The number of halogens is 1. The summed E-state index contributed by atoms with van der Waals surface area (Å²) >= 11 is 0. The van der Waals surface area contributed by atoms with E-state index in [0.29, 0.717) is 24.6 Å². The quantitative estimate of drug-likeness (QED) is 0.210. The minimum Gasteiger partial charge on any atom is -0.490 e.